The molecule has 0 aromatic heterocycles. The van der Waals surface area contributed by atoms with E-state index in [4.69, 9.17) is 18.9 Å². The van der Waals surface area contributed by atoms with E-state index in [1.807, 2.05) is 0 Å². The lowest BCUT2D eigenvalue weighted by Crippen LogP contribution is -2.80. The minimum absolute atomic E-state index is 0.0686. The van der Waals surface area contributed by atoms with Crippen molar-refractivity contribution in [3.63, 3.8) is 0 Å². The van der Waals surface area contributed by atoms with Gasteiger partial charge in [0.2, 0.25) is 0 Å². The average Bonchev–Trinajstić information content (AvgIpc) is 3.18. The molecule has 3 aliphatic rings. The van der Waals surface area contributed by atoms with E-state index in [9.17, 15) is 49.5 Å². The molecule has 2 bridgehead atoms. The van der Waals surface area contributed by atoms with E-state index < -0.39 is 131 Å². The van der Waals surface area contributed by atoms with E-state index in [1.54, 1.807) is 69.3 Å². The van der Waals surface area contributed by atoms with Crippen LogP contribution in [-0.2, 0) is 38.1 Å². The Hall–Kier alpha value is -5.20. The zero-order valence-electron chi connectivity index (χ0n) is 36.3. The summed E-state index contributed by atoms with van der Waals surface area (Å²) in [6.45, 7) is 11.4. The first kappa shape index (κ1) is 47.8. The van der Waals surface area contributed by atoms with Gasteiger partial charge in [-0.2, -0.15) is 0 Å². The Kier molecular flexibility index (Phi) is 13.5. The number of fused-ring (bicyclic) bond motifs is 3. The van der Waals surface area contributed by atoms with Crippen LogP contribution >= 0.6 is 0 Å². The molecule has 2 saturated carbocycles. The summed E-state index contributed by atoms with van der Waals surface area (Å²) in [7, 11) is 0. The third kappa shape index (κ3) is 8.60. The molecule has 338 valence electrons. The molecule has 0 unspecified atom stereocenters. The van der Waals surface area contributed by atoms with Gasteiger partial charge < -0.3 is 55.1 Å². The fraction of sp³-hybridized carbons (Fsp3) is 0.556. The predicted molar refractivity (Wildman–Crippen MR) is 219 cm³/mol. The van der Waals surface area contributed by atoms with E-state index in [-0.39, 0.29) is 22.3 Å². The number of ether oxygens (including phenoxy) is 4. The molecule has 62 heavy (non-hydrogen) atoms. The number of rotatable bonds is 10. The molecule has 0 aliphatic heterocycles. The van der Waals surface area contributed by atoms with Gasteiger partial charge in [0.1, 0.15) is 11.7 Å². The predicted octanol–water partition coefficient (Wildman–Crippen LogP) is 2.36. The molecule has 17 heteroatoms. The van der Waals surface area contributed by atoms with Crippen LogP contribution in [0.25, 0.3) is 0 Å². The standard InChI is InChI=1S/C45H58N2O15/c1-23-28(60-39(56)33(53)32(26-16-12-10-13-17-26)46-40(57)62-41(4,5)6)21-45(58)36(47-38(55)27-18-14-11-15-19-27)35-43(9,29(51)20-30(52)44(35,22-48)61-25(3)50)37(54)34(59-24(2)49)31(23)42(45,7)8/h10-19,28-30,32-36,48,51-53,58H,20-22H2,1-9H3,(H,46,57)(H,47,55)/t28-,29-,30-,32-,33+,34+,35-,36-,43+,44-,45+/m0/s1. The van der Waals surface area contributed by atoms with Crippen molar-refractivity contribution >= 4 is 35.7 Å². The molecule has 0 saturated heterocycles. The number of ketones is 1. The molecular formula is C45H58N2O15. The SMILES string of the molecule is CC(=O)O[C@H]1C(=O)[C@@]2(C)[C@H]([C@H](NC(=O)c3ccccc3)[C@]3(O)C[C@H](OC(=O)[C@H](O)[C@@H](NC(=O)OC(C)(C)C)c4ccccc4)C(C)=C1C3(C)C)[C@@](CO)(OC(C)=O)[C@@H](O)C[C@@H]2O. The number of aliphatic hydroxyl groups is 5. The summed E-state index contributed by atoms with van der Waals surface area (Å²) >= 11 is 0. The summed E-state index contributed by atoms with van der Waals surface area (Å²) < 4.78 is 23.0. The molecule has 3 aliphatic carbocycles. The molecule has 2 fully saturated rings. The zero-order valence-corrected chi connectivity index (χ0v) is 36.3. The number of aliphatic hydroxyl groups excluding tert-OH is 4. The number of alkyl carbamates (subject to hydrolysis) is 1. The van der Waals surface area contributed by atoms with Crippen molar-refractivity contribution in [1.29, 1.82) is 0 Å². The summed E-state index contributed by atoms with van der Waals surface area (Å²) in [5.74, 6) is -7.04. The number of carbonyl (C=O) groups excluding carboxylic acids is 6. The van der Waals surface area contributed by atoms with Crippen LogP contribution in [0.5, 0.6) is 0 Å². The van der Waals surface area contributed by atoms with Crippen molar-refractivity contribution < 1.29 is 73.2 Å². The number of hydrogen-bond donors (Lipinski definition) is 7. The van der Waals surface area contributed by atoms with Gasteiger partial charge in [-0.15, -0.1) is 0 Å². The van der Waals surface area contributed by atoms with E-state index in [0.717, 1.165) is 13.8 Å². The maximum atomic E-state index is 15.5. The van der Waals surface area contributed by atoms with E-state index in [0.29, 0.717) is 0 Å². The first-order chi connectivity index (χ1) is 28.8. The number of nitrogens with one attached hydrogen (secondary N) is 2. The van der Waals surface area contributed by atoms with Crippen molar-refractivity contribution in [2.45, 2.75) is 135 Å². The molecule has 11 atom stereocenters. The Morgan fingerprint density at radius 1 is 0.887 bits per heavy atom. The number of Topliss-reactive ketones (excluding diaryl/α,β-unsaturated/α-hetero) is 1. The fourth-order valence-corrected chi connectivity index (χ4v) is 9.70. The average molecular weight is 867 g/mol. The molecule has 0 radical (unpaired) electrons. The van der Waals surface area contributed by atoms with Crippen LogP contribution in [0.4, 0.5) is 4.79 Å². The second-order valence-electron chi connectivity index (χ2n) is 18.2. The minimum Gasteiger partial charge on any atom is -0.456 e. The summed E-state index contributed by atoms with van der Waals surface area (Å²) in [6.07, 6.45) is -11.6. The second-order valence-corrected chi connectivity index (χ2v) is 18.2. The van der Waals surface area contributed by atoms with Gasteiger partial charge >= 0.3 is 24.0 Å². The third-order valence-corrected chi connectivity index (χ3v) is 12.7. The van der Waals surface area contributed by atoms with Crippen molar-refractivity contribution in [3.05, 3.63) is 82.9 Å². The van der Waals surface area contributed by atoms with Crippen LogP contribution in [0, 0.1) is 16.7 Å². The molecule has 7 N–H and O–H groups in total. The molecular weight excluding hydrogens is 808 g/mol. The number of carbonyl (C=O) groups is 6. The molecule has 0 spiro atoms. The van der Waals surface area contributed by atoms with Crippen LogP contribution in [0.2, 0.25) is 0 Å². The van der Waals surface area contributed by atoms with Gasteiger partial charge in [0.05, 0.1) is 41.9 Å². The Morgan fingerprint density at radius 2 is 1.47 bits per heavy atom. The summed E-state index contributed by atoms with van der Waals surface area (Å²) in [5.41, 5.74) is -9.62. The number of hydrogen-bond acceptors (Lipinski definition) is 15. The van der Waals surface area contributed by atoms with Crippen LogP contribution in [0.3, 0.4) is 0 Å². The Labute approximate surface area is 359 Å². The first-order valence-corrected chi connectivity index (χ1v) is 20.4. The lowest BCUT2D eigenvalue weighted by Gasteiger charge is -2.65. The zero-order chi connectivity index (χ0) is 46.3. The quantitative estimate of drug-likeness (QED) is 0.103. The summed E-state index contributed by atoms with van der Waals surface area (Å²) in [5, 5.41) is 65.6. The number of benzene rings is 2. The van der Waals surface area contributed by atoms with Gasteiger partial charge in [0.15, 0.2) is 23.6 Å². The number of amides is 2. The topological polar surface area (TPSA) is 265 Å². The summed E-state index contributed by atoms with van der Waals surface area (Å²) in [4.78, 5) is 82.9. The van der Waals surface area contributed by atoms with Gasteiger partial charge in [-0.05, 0) is 63.5 Å². The highest BCUT2D eigenvalue weighted by Gasteiger charge is 2.75. The Balaban J connectivity index is 1.76. The van der Waals surface area contributed by atoms with Crippen molar-refractivity contribution in [1.82, 2.24) is 10.6 Å². The van der Waals surface area contributed by atoms with Gasteiger partial charge in [-0.3, -0.25) is 19.2 Å². The van der Waals surface area contributed by atoms with Gasteiger partial charge in [-0.1, -0.05) is 62.4 Å². The van der Waals surface area contributed by atoms with Gasteiger partial charge in [0.25, 0.3) is 5.91 Å². The van der Waals surface area contributed by atoms with Crippen LogP contribution in [0.15, 0.2) is 71.8 Å². The maximum absolute atomic E-state index is 15.5. The minimum atomic E-state index is -2.51. The van der Waals surface area contributed by atoms with Crippen molar-refractivity contribution in [2.24, 2.45) is 16.7 Å². The molecule has 2 aromatic carbocycles. The third-order valence-electron chi connectivity index (χ3n) is 12.7. The monoisotopic (exact) mass is 866 g/mol. The highest BCUT2D eigenvalue weighted by molar-refractivity contribution is 5.97. The van der Waals surface area contributed by atoms with E-state index >= 15 is 4.79 Å². The van der Waals surface area contributed by atoms with E-state index in [1.165, 1.54) is 39.8 Å². The van der Waals surface area contributed by atoms with Crippen molar-refractivity contribution in [3.8, 4) is 0 Å². The van der Waals surface area contributed by atoms with Crippen LogP contribution in [0.1, 0.15) is 97.1 Å². The van der Waals surface area contributed by atoms with Crippen molar-refractivity contribution in [2.75, 3.05) is 6.61 Å². The number of esters is 3. The smallest absolute Gasteiger partial charge is 0.408 e. The fourth-order valence-electron chi connectivity index (χ4n) is 9.70. The van der Waals surface area contributed by atoms with Gasteiger partial charge in [-0.25, -0.2) is 9.59 Å². The lowest BCUT2D eigenvalue weighted by molar-refractivity contribution is -0.267. The maximum Gasteiger partial charge on any atom is 0.408 e. The van der Waals surface area contributed by atoms with Gasteiger partial charge in [0, 0.05) is 43.6 Å². The van der Waals surface area contributed by atoms with Crippen LogP contribution in [-0.4, -0.2) is 121 Å². The highest BCUT2D eigenvalue weighted by Crippen LogP contribution is 2.62. The summed E-state index contributed by atoms with van der Waals surface area (Å²) in [6, 6.07) is 12.4. The highest BCUT2D eigenvalue weighted by atomic mass is 16.6. The Bertz CT molecular complexity index is 2080. The molecule has 2 amide bonds. The molecule has 0 heterocycles. The normalized spacial score (nSPS) is 31.5. The molecule has 2 aromatic rings. The molecule has 17 nitrogen and oxygen atoms in total. The Morgan fingerprint density at radius 3 is 2.00 bits per heavy atom. The lowest BCUT2D eigenvalue weighted by atomic mass is 9.44. The van der Waals surface area contributed by atoms with Crippen LogP contribution < -0.4 is 10.6 Å². The molecule has 5 rings (SSSR count). The first-order valence-electron chi connectivity index (χ1n) is 20.4. The largest absolute Gasteiger partial charge is 0.456 e. The second kappa shape index (κ2) is 17.5. The van der Waals surface area contributed by atoms with E-state index in [2.05, 4.69) is 10.6 Å².